The first-order chi connectivity index (χ1) is 20.6. The summed E-state index contributed by atoms with van der Waals surface area (Å²) in [5, 5.41) is 5.69. The molecule has 0 spiro atoms. The summed E-state index contributed by atoms with van der Waals surface area (Å²) in [6.07, 6.45) is 7.00. The molecule has 4 aliphatic carbocycles. The molecule has 4 atom stereocenters. The number of fused-ring (bicyclic) bond motifs is 2. The largest absolute Gasteiger partial charge is 0.496 e. The minimum Gasteiger partial charge on any atom is -0.496 e. The molecule has 6 rings (SSSR count). The lowest BCUT2D eigenvalue weighted by Crippen LogP contribution is -2.48. The molecule has 2 aromatic rings. The van der Waals surface area contributed by atoms with Crippen molar-refractivity contribution in [1.82, 2.24) is 5.32 Å². The number of methoxy groups -OCH3 is 1. The van der Waals surface area contributed by atoms with Crippen LogP contribution in [0.5, 0.6) is 5.75 Å². The van der Waals surface area contributed by atoms with E-state index in [1.807, 2.05) is 6.07 Å². The topological polar surface area (TPSA) is 76.7 Å². The van der Waals surface area contributed by atoms with Gasteiger partial charge in [-0.2, -0.15) is 13.2 Å². The third-order valence-corrected chi connectivity index (χ3v) is 9.05. The SMILES string of the molecule is COc1ccc(COC2CC=CC2)cc1C(=O)N[C@H]1[C@@H](C(=O)Nc2ccc(F)c(C(F)(F)F)c2)[C@H]2CC[C@@H]1/C2=C\C1CC1. The maximum Gasteiger partial charge on any atom is 0.419 e. The van der Waals surface area contributed by atoms with Crippen molar-refractivity contribution in [2.75, 3.05) is 12.4 Å². The molecule has 0 unspecified atom stereocenters. The number of hydrogen-bond acceptors (Lipinski definition) is 4. The van der Waals surface area contributed by atoms with Gasteiger partial charge in [0.25, 0.3) is 5.91 Å². The van der Waals surface area contributed by atoms with Crippen LogP contribution in [0.2, 0.25) is 0 Å². The summed E-state index contributed by atoms with van der Waals surface area (Å²) >= 11 is 0. The first kappa shape index (κ1) is 29.4. The number of carbonyl (C=O) groups excluding carboxylic acids is 2. The first-order valence-electron chi connectivity index (χ1n) is 14.8. The predicted octanol–water partition coefficient (Wildman–Crippen LogP) is 6.82. The van der Waals surface area contributed by atoms with E-state index < -0.39 is 41.3 Å². The number of carbonyl (C=O) groups is 2. The number of amides is 2. The summed E-state index contributed by atoms with van der Waals surface area (Å²) < 4.78 is 65.3. The summed E-state index contributed by atoms with van der Waals surface area (Å²) in [5.41, 5.74) is 0.674. The number of hydrogen-bond donors (Lipinski definition) is 2. The zero-order chi connectivity index (χ0) is 30.3. The second-order valence-electron chi connectivity index (χ2n) is 11.9. The van der Waals surface area contributed by atoms with Crippen molar-refractivity contribution >= 4 is 17.5 Å². The third kappa shape index (κ3) is 6.20. The lowest BCUT2D eigenvalue weighted by molar-refractivity contribution is -0.140. The molecule has 0 radical (unpaired) electrons. The van der Waals surface area contributed by atoms with Gasteiger partial charge in [-0.15, -0.1) is 0 Å². The van der Waals surface area contributed by atoms with Crippen LogP contribution in [0.25, 0.3) is 0 Å². The standard InChI is InChI=1S/C33H34F4N2O4/c1-42-28-13-8-19(17-43-21-4-2-3-5-21)15-25(28)31(40)39-30-23-11-10-22(24(23)14-18-6-7-18)29(30)32(41)38-20-9-12-27(34)26(16-20)33(35,36)37/h2-3,8-9,12-16,18,21-23,29-30H,4-7,10-11,17H2,1H3,(H,38,41)(H,39,40)/b24-14-/t22-,23+,29-,30+/m0/s1. The molecule has 3 saturated carbocycles. The van der Waals surface area contributed by atoms with Crippen molar-refractivity contribution < 1.29 is 36.6 Å². The molecule has 0 saturated heterocycles. The molecular formula is C33H34F4N2O4. The Morgan fingerprint density at radius 3 is 2.44 bits per heavy atom. The fourth-order valence-corrected chi connectivity index (χ4v) is 6.80. The maximum atomic E-state index is 13.9. The van der Waals surface area contributed by atoms with Crippen LogP contribution in [0.3, 0.4) is 0 Å². The molecule has 4 aliphatic rings. The Labute approximate surface area is 247 Å². The monoisotopic (exact) mass is 598 g/mol. The zero-order valence-corrected chi connectivity index (χ0v) is 23.8. The minimum atomic E-state index is -4.90. The van der Waals surface area contributed by atoms with Gasteiger partial charge in [-0.25, -0.2) is 4.39 Å². The van der Waals surface area contributed by atoms with E-state index in [0.717, 1.165) is 55.7 Å². The van der Waals surface area contributed by atoms with E-state index in [1.165, 1.54) is 7.11 Å². The number of nitrogens with one attached hydrogen (secondary N) is 2. The fourth-order valence-electron chi connectivity index (χ4n) is 6.80. The van der Waals surface area contributed by atoms with Gasteiger partial charge in [0.15, 0.2) is 0 Å². The van der Waals surface area contributed by atoms with Crippen molar-refractivity contribution in [3.8, 4) is 5.75 Å². The van der Waals surface area contributed by atoms with Gasteiger partial charge in [0.1, 0.15) is 11.6 Å². The number of halogens is 4. The van der Waals surface area contributed by atoms with E-state index >= 15 is 0 Å². The summed E-state index contributed by atoms with van der Waals surface area (Å²) in [7, 11) is 1.48. The average molecular weight is 599 g/mol. The number of rotatable bonds is 9. The smallest absolute Gasteiger partial charge is 0.419 e. The summed E-state index contributed by atoms with van der Waals surface area (Å²) in [6.45, 7) is 0.335. The molecule has 43 heavy (non-hydrogen) atoms. The van der Waals surface area contributed by atoms with Gasteiger partial charge in [-0.3, -0.25) is 9.59 Å². The van der Waals surface area contributed by atoms with Gasteiger partial charge in [0, 0.05) is 17.6 Å². The van der Waals surface area contributed by atoms with Crippen molar-refractivity contribution in [1.29, 1.82) is 0 Å². The van der Waals surface area contributed by atoms with Crippen molar-refractivity contribution in [2.24, 2.45) is 23.7 Å². The number of anilines is 1. The third-order valence-electron chi connectivity index (χ3n) is 9.05. The molecule has 10 heteroatoms. The van der Waals surface area contributed by atoms with Crippen molar-refractivity contribution in [2.45, 2.75) is 63.5 Å². The van der Waals surface area contributed by atoms with Crippen LogP contribution in [0.1, 0.15) is 60.0 Å². The van der Waals surface area contributed by atoms with Crippen LogP contribution < -0.4 is 15.4 Å². The van der Waals surface area contributed by atoms with Gasteiger partial charge < -0.3 is 20.1 Å². The van der Waals surface area contributed by atoms with E-state index in [-0.39, 0.29) is 23.6 Å². The highest BCUT2D eigenvalue weighted by Crippen LogP contribution is 2.54. The number of ether oxygens (including phenoxy) is 2. The highest BCUT2D eigenvalue weighted by molar-refractivity contribution is 5.99. The van der Waals surface area contributed by atoms with Crippen LogP contribution in [0, 0.1) is 29.5 Å². The van der Waals surface area contributed by atoms with Crippen LogP contribution in [0.15, 0.2) is 60.2 Å². The Balaban J connectivity index is 1.24. The molecule has 0 heterocycles. The van der Waals surface area contributed by atoms with Gasteiger partial charge in [-0.05, 0) is 86.3 Å². The summed E-state index contributed by atoms with van der Waals surface area (Å²) in [5.74, 6) is -2.37. The van der Waals surface area contributed by atoms with Gasteiger partial charge >= 0.3 is 6.18 Å². The van der Waals surface area contributed by atoms with Crippen molar-refractivity contribution in [3.63, 3.8) is 0 Å². The normalized spacial score (nSPS) is 25.8. The van der Waals surface area contributed by atoms with Gasteiger partial charge in [0.2, 0.25) is 5.91 Å². The zero-order valence-electron chi connectivity index (χ0n) is 23.8. The molecule has 0 aliphatic heterocycles. The Bertz CT molecular complexity index is 1460. The van der Waals surface area contributed by atoms with Gasteiger partial charge in [0.05, 0.1) is 36.9 Å². The number of alkyl halides is 3. The Morgan fingerprint density at radius 2 is 1.74 bits per heavy atom. The maximum absolute atomic E-state index is 13.9. The Hall–Kier alpha value is -3.66. The molecule has 2 bridgehead atoms. The molecule has 2 amide bonds. The lowest BCUT2D eigenvalue weighted by Gasteiger charge is -2.30. The molecule has 2 N–H and O–H groups in total. The fraction of sp³-hybridized carbons (Fsp3) is 0.455. The summed E-state index contributed by atoms with van der Waals surface area (Å²) in [6, 6.07) is 7.16. The number of allylic oxidation sites excluding steroid dienone is 1. The van der Waals surface area contributed by atoms with Crippen LogP contribution >= 0.6 is 0 Å². The van der Waals surface area contributed by atoms with Crippen molar-refractivity contribution in [3.05, 3.63) is 82.7 Å². The second kappa shape index (κ2) is 11.8. The Kier molecular flexibility index (Phi) is 8.06. The first-order valence-corrected chi connectivity index (χ1v) is 14.8. The molecule has 3 fully saturated rings. The van der Waals surface area contributed by atoms with E-state index in [9.17, 15) is 27.2 Å². The van der Waals surface area contributed by atoms with Crippen LogP contribution in [-0.4, -0.2) is 31.1 Å². The van der Waals surface area contributed by atoms with Crippen LogP contribution in [-0.2, 0) is 22.3 Å². The highest BCUT2D eigenvalue weighted by Gasteiger charge is 2.55. The second-order valence-corrected chi connectivity index (χ2v) is 11.9. The lowest BCUT2D eigenvalue weighted by atomic mass is 9.83. The van der Waals surface area contributed by atoms with E-state index in [2.05, 4.69) is 28.9 Å². The molecule has 2 aromatic carbocycles. The molecule has 6 nitrogen and oxygen atoms in total. The van der Waals surface area contributed by atoms with E-state index in [1.54, 1.807) is 12.1 Å². The molecule has 228 valence electrons. The molecular weight excluding hydrogens is 564 g/mol. The average Bonchev–Trinajstić information content (AvgIpc) is 3.36. The van der Waals surface area contributed by atoms with Gasteiger partial charge in [-0.1, -0.05) is 29.9 Å². The van der Waals surface area contributed by atoms with E-state index in [0.29, 0.717) is 36.0 Å². The minimum absolute atomic E-state index is 0.0587. The van der Waals surface area contributed by atoms with Crippen LogP contribution in [0.4, 0.5) is 23.2 Å². The van der Waals surface area contributed by atoms with E-state index in [4.69, 9.17) is 9.47 Å². The number of benzene rings is 2. The molecule has 0 aromatic heterocycles. The highest BCUT2D eigenvalue weighted by atomic mass is 19.4. The predicted molar refractivity (Wildman–Crippen MR) is 152 cm³/mol. The summed E-state index contributed by atoms with van der Waals surface area (Å²) in [4.78, 5) is 27.5. The Morgan fingerprint density at radius 1 is 1.00 bits per heavy atom. The quantitative estimate of drug-likeness (QED) is 0.246.